The first kappa shape index (κ1) is 20.7. The van der Waals surface area contributed by atoms with Crippen LogP contribution in [-0.2, 0) is 16.4 Å². The Hall–Kier alpha value is -3.01. The average Bonchev–Trinajstić information content (AvgIpc) is 2.67. The molecular weight excluding hydrogens is 408 g/mol. The number of hydrogen-bond acceptors (Lipinski definition) is 5. The highest BCUT2D eigenvalue weighted by molar-refractivity contribution is 7.84. The number of halogens is 4. The number of nitrogens with one attached hydrogen (secondary N) is 2. The van der Waals surface area contributed by atoms with Crippen molar-refractivity contribution in [3.8, 4) is 17.0 Å². The fraction of sp³-hybridized carbons (Fsp3) is 0.158. The zero-order chi connectivity index (χ0) is 21.1. The summed E-state index contributed by atoms with van der Waals surface area (Å²) in [6.07, 6.45) is 2.49. The summed E-state index contributed by atoms with van der Waals surface area (Å²) in [6, 6.07) is 5.81. The predicted molar refractivity (Wildman–Crippen MR) is 103 cm³/mol. The maximum Gasteiger partial charge on any atom is 0.227 e. The summed E-state index contributed by atoms with van der Waals surface area (Å²) in [6.45, 7) is 0. The number of benzene rings is 2. The maximum absolute atomic E-state index is 14.3. The molecule has 3 aromatic rings. The van der Waals surface area contributed by atoms with Crippen LogP contribution >= 0.6 is 0 Å². The van der Waals surface area contributed by atoms with E-state index in [0.29, 0.717) is 0 Å². The molecule has 0 saturated carbocycles. The monoisotopic (exact) mass is 424 g/mol. The van der Waals surface area contributed by atoms with Crippen LogP contribution in [0.3, 0.4) is 0 Å². The Morgan fingerprint density at radius 1 is 1.10 bits per heavy atom. The smallest absolute Gasteiger partial charge is 0.227 e. The quantitative estimate of drug-likeness (QED) is 0.549. The lowest BCUT2D eigenvalue weighted by molar-refractivity contribution is 0.412. The van der Waals surface area contributed by atoms with Gasteiger partial charge in [-0.2, -0.15) is 0 Å². The Balaban J connectivity index is 1.99. The maximum atomic E-state index is 14.3. The molecule has 0 aliphatic heterocycles. The van der Waals surface area contributed by atoms with Gasteiger partial charge in [0.1, 0.15) is 17.3 Å². The Labute approximate surface area is 166 Å². The molecular formula is C19H16F4N4OS. The van der Waals surface area contributed by atoms with Gasteiger partial charge >= 0.3 is 0 Å². The van der Waals surface area contributed by atoms with E-state index in [0.717, 1.165) is 24.4 Å². The van der Waals surface area contributed by atoms with Gasteiger partial charge < -0.3 is 10.1 Å². The molecule has 1 unspecified atom stereocenters. The number of hydrogen-bond donors (Lipinski definition) is 2. The predicted octanol–water partition coefficient (Wildman–Crippen LogP) is 4.96. The summed E-state index contributed by atoms with van der Waals surface area (Å²) in [5.74, 6) is -3.38. The second kappa shape index (κ2) is 8.56. The third-order valence-electron chi connectivity index (χ3n) is 3.89. The molecule has 2 aromatic carbocycles. The zero-order valence-corrected chi connectivity index (χ0v) is 16.2. The van der Waals surface area contributed by atoms with E-state index in [-0.39, 0.29) is 40.0 Å². The van der Waals surface area contributed by atoms with Gasteiger partial charge in [0, 0.05) is 34.7 Å². The highest BCUT2D eigenvalue weighted by atomic mass is 32.2. The number of aromatic nitrogens is 2. The minimum Gasteiger partial charge on any atom is -0.496 e. The van der Waals surface area contributed by atoms with E-state index in [2.05, 4.69) is 15.3 Å². The van der Waals surface area contributed by atoms with Gasteiger partial charge in [-0.05, 0) is 24.5 Å². The molecule has 0 aliphatic rings. The minimum absolute atomic E-state index is 0.0378. The molecule has 0 amide bonds. The van der Waals surface area contributed by atoms with Crippen LogP contribution in [0.4, 0.5) is 29.2 Å². The Morgan fingerprint density at radius 2 is 1.86 bits per heavy atom. The summed E-state index contributed by atoms with van der Waals surface area (Å²) in [7, 11) is 0.426. The van der Waals surface area contributed by atoms with Crippen LogP contribution in [0.2, 0.25) is 0 Å². The highest BCUT2D eigenvalue weighted by Crippen LogP contribution is 2.32. The van der Waals surface area contributed by atoms with E-state index in [4.69, 9.17) is 9.52 Å². The van der Waals surface area contributed by atoms with Gasteiger partial charge in [0.15, 0.2) is 17.5 Å². The number of ether oxygens (including phenoxy) is 1. The topological polar surface area (TPSA) is 70.9 Å². The van der Waals surface area contributed by atoms with Crippen LogP contribution in [0.15, 0.2) is 36.5 Å². The van der Waals surface area contributed by atoms with Crippen molar-refractivity contribution in [1.82, 2.24) is 9.97 Å². The van der Waals surface area contributed by atoms with Crippen molar-refractivity contribution in [2.24, 2.45) is 0 Å². The molecule has 10 heteroatoms. The number of methoxy groups -OCH3 is 1. The van der Waals surface area contributed by atoms with Gasteiger partial charge in [0.2, 0.25) is 5.95 Å². The molecule has 0 radical (unpaired) electrons. The van der Waals surface area contributed by atoms with Crippen molar-refractivity contribution in [1.29, 1.82) is 4.78 Å². The molecule has 152 valence electrons. The summed E-state index contributed by atoms with van der Waals surface area (Å²) >= 11 is 0. The molecule has 1 atom stereocenters. The summed E-state index contributed by atoms with van der Waals surface area (Å²) < 4.78 is 68.2. The van der Waals surface area contributed by atoms with Crippen molar-refractivity contribution in [3.05, 3.63) is 65.4 Å². The Morgan fingerprint density at radius 3 is 2.55 bits per heavy atom. The standard InChI is InChI=1S/C19H16F4N4OS/c1-28-16-6-11(20)3-4-13(16)18-15(22)8-25-19(27-18)26-12-5-10(9-29(2)24)17(23)14(21)7-12/h3-8,24H,9H2,1-2H3,(H,25,26,27). The average molecular weight is 424 g/mol. The van der Waals surface area contributed by atoms with Crippen molar-refractivity contribution < 1.29 is 22.3 Å². The zero-order valence-electron chi connectivity index (χ0n) is 15.4. The second-order valence-electron chi connectivity index (χ2n) is 6.07. The van der Waals surface area contributed by atoms with E-state index >= 15 is 0 Å². The van der Waals surface area contributed by atoms with E-state index in [1.165, 1.54) is 19.2 Å². The van der Waals surface area contributed by atoms with E-state index in [1.54, 1.807) is 6.26 Å². The van der Waals surface area contributed by atoms with Crippen LogP contribution < -0.4 is 10.1 Å². The van der Waals surface area contributed by atoms with Crippen molar-refractivity contribution in [3.63, 3.8) is 0 Å². The minimum atomic E-state index is -1.09. The summed E-state index contributed by atoms with van der Waals surface area (Å²) in [5.41, 5.74) is 0.235. The summed E-state index contributed by atoms with van der Waals surface area (Å²) in [4.78, 5) is 7.88. The van der Waals surface area contributed by atoms with E-state index < -0.39 is 34.0 Å². The number of nitrogens with zero attached hydrogens (tertiary/aromatic N) is 2. The summed E-state index contributed by atoms with van der Waals surface area (Å²) in [5, 5.41) is 2.70. The molecule has 0 bridgehead atoms. The lowest BCUT2D eigenvalue weighted by Gasteiger charge is -2.12. The second-order valence-corrected chi connectivity index (χ2v) is 7.64. The molecule has 29 heavy (non-hydrogen) atoms. The fourth-order valence-electron chi connectivity index (χ4n) is 2.66. The van der Waals surface area contributed by atoms with Gasteiger partial charge in [-0.25, -0.2) is 27.5 Å². The first-order valence-electron chi connectivity index (χ1n) is 8.23. The molecule has 5 nitrogen and oxygen atoms in total. The Bertz CT molecular complexity index is 1090. The van der Waals surface area contributed by atoms with Crippen LogP contribution in [0, 0.1) is 28.0 Å². The number of anilines is 2. The van der Waals surface area contributed by atoms with Crippen LogP contribution in [0.5, 0.6) is 5.75 Å². The largest absolute Gasteiger partial charge is 0.496 e. The first-order chi connectivity index (χ1) is 13.8. The lowest BCUT2D eigenvalue weighted by atomic mass is 10.1. The lowest BCUT2D eigenvalue weighted by Crippen LogP contribution is -2.04. The molecule has 0 fully saturated rings. The first-order valence-corrected chi connectivity index (χ1v) is 10.0. The molecule has 1 aromatic heterocycles. The van der Waals surface area contributed by atoms with Crippen molar-refractivity contribution in [2.45, 2.75) is 5.75 Å². The highest BCUT2D eigenvalue weighted by Gasteiger charge is 2.16. The Kier molecular flexibility index (Phi) is 6.12. The SMILES string of the molecule is COc1cc(F)ccc1-c1nc(Nc2cc(F)c(F)c(CS(C)=N)c2)ncc1F. The van der Waals surface area contributed by atoms with Gasteiger partial charge in [0.25, 0.3) is 0 Å². The van der Waals surface area contributed by atoms with Gasteiger partial charge in [-0.3, -0.25) is 4.78 Å². The molecule has 0 aliphatic carbocycles. The van der Waals surface area contributed by atoms with Crippen LogP contribution in [-0.4, -0.2) is 23.3 Å². The third-order valence-corrected chi connectivity index (χ3v) is 4.64. The molecule has 2 N–H and O–H groups in total. The van der Waals surface area contributed by atoms with Gasteiger partial charge in [-0.15, -0.1) is 10.7 Å². The fourth-order valence-corrected chi connectivity index (χ4v) is 3.34. The van der Waals surface area contributed by atoms with Gasteiger partial charge in [0.05, 0.1) is 13.3 Å². The van der Waals surface area contributed by atoms with Crippen molar-refractivity contribution >= 4 is 22.3 Å². The van der Waals surface area contributed by atoms with Crippen LogP contribution in [0.1, 0.15) is 5.56 Å². The van der Waals surface area contributed by atoms with Crippen LogP contribution in [0.25, 0.3) is 11.3 Å². The van der Waals surface area contributed by atoms with Crippen molar-refractivity contribution in [2.75, 3.05) is 18.7 Å². The normalized spacial score (nSPS) is 11.9. The molecule has 1 heterocycles. The molecule has 0 spiro atoms. The number of rotatable bonds is 6. The van der Waals surface area contributed by atoms with E-state index in [1.807, 2.05) is 0 Å². The molecule has 0 saturated heterocycles. The third kappa shape index (κ3) is 4.70. The molecule has 3 rings (SSSR count). The van der Waals surface area contributed by atoms with E-state index in [9.17, 15) is 17.6 Å². The van der Waals surface area contributed by atoms with Gasteiger partial charge in [-0.1, -0.05) is 0 Å².